The number of hydrogen-bond donors (Lipinski definition) is 1. The number of aromatic nitrogens is 2. The van der Waals surface area contributed by atoms with Crippen LogP contribution >= 0.6 is 0 Å². The van der Waals surface area contributed by atoms with Gasteiger partial charge in [-0.25, -0.2) is 0 Å². The SMILES string of the molecule is CC.Cc1ccc(Nc2ccnn2C)cc1. The summed E-state index contributed by atoms with van der Waals surface area (Å²) in [6.45, 7) is 6.08. The second-order valence-corrected chi connectivity index (χ2v) is 3.33. The van der Waals surface area contributed by atoms with E-state index in [1.54, 1.807) is 10.9 Å². The van der Waals surface area contributed by atoms with E-state index in [-0.39, 0.29) is 0 Å². The summed E-state index contributed by atoms with van der Waals surface area (Å²) in [5.41, 5.74) is 2.35. The molecule has 0 atom stereocenters. The lowest BCUT2D eigenvalue weighted by molar-refractivity contribution is 0.776. The normalized spacial score (nSPS) is 9.25. The third kappa shape index (κ3) is 3.12. The van der Waals surface area contributed by atoms with Gasteiger partial charge in [0, 0.05) is 18.8 Å². The molecule has 0 spiro atoms. The summed E-state index contributed by atoms with van der Waals surface area (Å²) in [7, 11) is 1.91. The summed E-state index contributed by atoms with van der Waals surface area (Å²) >= 11 is 0. The molecule has 0 aliphatic heterocycles. The molecule has 0 fully saturated rings. The second-order valence-electron chi connectivity index (χ2n) is 3.33. The molecule has 3 nitrogen and oxygen atoms in total. The number of aryl methyl sites for hydroxylation is 2. The Bertz CT molecular complexity index is 415. The quantitative estimate of drug-likeness (QED) is 0.834. The molecule has 1 aromatic carbocycles. The van der Waals surface area contributed by atoms with Gasteiger partial charge in [0.15, 0.2) is 0 Å². The van der Waals surface area contributed by atoms with Crippen LogP contribution in [0.3, 0.4) is 0 Å². The summed E-state index contributed by atoms with van der Waals surface area (Å²) in [6, 6.07) is 10.2. The smallest absolute Gasteiger partial charge is 0.128 e. The van der Waals surface area contributed by atoms with Crippen molar-refractivity contribution in [1.82, 2.24) is 9.78 Å². The Morgan fingerprint density at radius 3 is 2.19 bits per heavy atom. The van der Waals surface area contributed by atoms with Crippen LogP contribution in [-0.2, 0) is 7.05 Å². The maximum Gasteiger partial charge on any atom is 0.128 e. The molecular formula is C13H19N3. The van der Waals surface area contributed by atoms with Gasteiger partial charge in [0.25, 0.3) is 0 Å². The predicted octanol–water partition coefficient (Wildman–Crippen LogP) is 3.50. The van der Waals surface area contributed by atoms with E-state index >= 15 is 0 Å². The van der Waals surface area contributed by atoms with Crippen molar-refractivity contribution in [2.75, 3.05) is 5.32 Å². The lowest BCUT2D eigenvalue weighted by Crippen LogP contribution is -1.98. The van der Waals surface area contributed by atoms with Crippen LogP contribution in [0.1, 0.15) is 19.4 Å². The van der Waals surface area contributed by atoms with Gasteiger partial charge in [-0.3, -0.25) is 4.68 Å². The highest BCUT2D eigenvalue weighted by Crippen LogP contribution is 2.15. The standard InChI is InChI=1S/C11H13N3.C2H6/c1-9-3-5-10(6-4-9)13-11-7-8-12-14(11)2;1-2/h3-8,13H,1-2H3;1-2H3. The fourth-order valence-corrected chi connectivity index (χ4v) is 1.28. The van der Waals surface area contributed by atoms with Crippen molar-refractivity contribution in [3.8, 4) is 0 Å². The first-order chi connectivity index (χ1) is 7.75. The maximum absolute atomic E-state index is 4.08. The van der Waals surface area contributed by atoms with Crippen LogP contribution in [-0.4, -0.2) is 9.78 Å². The highest BCUT2D eigenvalue weighted by atomic mass is 15.3. The summed E-state index contributed by atoms with van der Waals surface area (Å²) in [4.78, 5) is 0. The van der Waals surface area contributed by atoms with Crippen molar-refractivity contribution >= 4 is 11.5 Å². The van der Waals surface area contributed by atoms with Crippen molar-refractivity contribution in [2.24, 2.45) is 7.05 Å². The Hall–Kier alpha value is -1.77. The average molecular weight is 217 g/mol. The number of nitrogens with zero attached hydrogens (tertiary/aromatic N) is 2. The molecule has 86 valence electrons. The summed E-state index contributed by atoms with van der Waals surface area (Å²) in [5.74, 6) is 0.994. The number of anilines is 2. The first-order valence-corrected chi connectivity index (χ1v) is 5.57. The van der Waals surface area contributed by atoms with Gasteiger partial charge >= 0.3 is 0 Å². The van der Waals surface area contributed by atoms with Crippen molar-refractivity contribution in [3.63, 3.8) is 0 Å². The number of benzene rings is 1. The number of rotatable bonds is 2. The molecule has 16 heavy (non-hydrogen) atoms. The molecule has 1 heterocycles. The third-order valence-electron chi connectivity index (χ3n) is 2.14. The van der Waals surface area contributed by atoms with Gasteiger partial charge in [-0.1, -0.05) is 31.5 Å². The first kappa shape index (κ1) is 12.3. The third-order valence-corrected chi connectivity index (χ3v) is 2.14. The summed E-state index contributed by atoms with van der Waals surface area (Å²) in [5, 5.41) is 7.36. The largest absolute Gasteiger partial charge is 0.340 e. The van der Waals surface area contributed by atoms with Gasteiger partial charge in [-0.15, -0.1) is 0 Å². The summed E-state index contributed by atoms with van der Waals surface area (Å²) in [6.07, 6.45) is 1.77. The molecule has 2 rings (SSSR count). The van der Waals surface area contributed by atoms with Gasteiger partial charge in [-0.05, 0) is 19.1 Å². The Kier molecular flexibility index (Phi) is 4.58. The fraction of sp³-hybridized carbons (Fsp3) is 0.308. The molecule has 1 N–H and O–H groups in total. The fourth-order valence-electron chi connectivity index (χ4n) is 1.28. The van der Waals surface area contributed by atoms with E-state index in [0.717, 1.165) is 11.5 Å². The van der Waals surface area contributed by atoms with E-state index in [1.807, 2.05) is 27.0 Å². The van der Waals surface area contributed by atoms with Crippen LogP contribution < -0.4 is 5.32 Å². The molecule has 0 aliphatic rings. The highest BCUT2D eigenvalue weighted by molar-refractivity contribution is 5.56. The van der Waals surface area contributed by atoms with Gasteiger partial charge in [0.1, 0.15) is 5.82 Å². The van der Waals surface area contributed by atoms with E-state index < -0.39 is 0 Å². The van der Waals surface area contributed by atoms with Crippen molar-refractivity contribution in [2.45, 2.75) is 20.8 Å². The van der Waals surface area contributed by atoms with Crippen molar-refractivity contribution < 1.29 is 0 Å². The van der Waals surface area contributed by atoms with Crippen LogP contribution in [0.25, 0.3) is 0 Å². The highest BCUT2D eigenvalue weighted by Gasteiger charge is 1.97. The molecular weight excluding hydrogens is 198 g/mol. The minimum Gasteiger partial charge on any atom is -0.340 e. The van der Waals surface area contributed by atoms with Crippen molar-refractivity contribution in [1.29, 1.82) is 0 Å². The van der Waals surface area contributed by atoms with Crippen LogP contribution in [0.2, 0.25) is 0 Å². The lowest BCUT2D eigenvalue weighted by atomic mass is 10.2. The first-order valence-electron chi connectivity index (χ1n) is 5.57. The van der Waals surface area contributed by atoms with Gasteiger partial charge in [0.05, 0.1) is 6.20 Å². The van der Waals surface area contributed by atoms with Gasteiger partial charge in [-0.2, -0.15) is 5.10 Å². The number of nitrogens with one attached hydrogen (secondary N) is 1. The van der Waals surface area contributed by atoms with E-state index in [4.69, 9.17) is 0 Å². The monoisotopic (exact) mass is 217 g/mol. The summed E-state index contributed by atoms with van der Waals surface area (Å²) < 4.78 is 1.81. The Morgan fingerprint density at radius 1 is 1.06 bits per heavy atom. The van der Waals surface area contributed by atoms with E-state index in [2.05, 4.69) is 41.6 Å². The molecule has 0 amide bonds. The molecule has 1 aromatic heterocycles. The van der Waals surface area contributed by atoms with Crippen LogP contribution in [0.15, 0.2) is 36.5 Å². The van der Waals surface area contributed by atoms with Crippen LogP contribution in [0.4, 0.5) is 11.5 Å². The Morgan fingerprint density at radius 2 is 1.69 bits per heavy atom. The lowest BCUT2D eigenvalue weighted by Gasteiger charge is -2.06. The van der Waals surface area contributed by atoms with E-state index in [0.29, 0.717) is 0 Å². The van der Waals surface area contributed by atoms with E-state index in [1.165, 1.54) is 5.56 Å². The molecule has 0 aliphatic carbocycles. The minimum absolute atomic E-state index is 0.994. The molecule has 0 saturated heterocycles. The van der Waals surface area contributed by atoms with Crippen LogP contribution in [0.5, 0.6) is 0 Å². The van der Waals surface area contributed by atoms with E-state index in [9.17, 15) is 0 Å². The average Bonchev–Trinajstić information content (AvgIpc) is 2.71. The Balaban J connectivity index is 0.000000606. The van der Waals surface area contributed by atoms with Crippen LogP contribution in [0, 0.1) is 6.92 Å². The zero-order valence-corrected chi connectivity index (χ0v) is 10.4. The zero-order chi connectivity index (χ0) is 12.0. The minimum atomic E-state index is 0.994. The molecule has 0 radical (unpaired) electrons. The predicted molar refractivity (Wildman–Crippen MR) is 69.0 cm³/mol. The second kappa shape index (κ2) is 5.95. The molecule has 0 bridgehead atoms. The number of hydrogen-bond acceptors (Lipinski definition) is 2. The van der Waals surface area contributed by atoms with Gasteiger partial charge < -0.3 is 5.32 Å². The molecule has 2 aromatic rings. The van der Waals surface area contributed by atoms with Gasteiger partial charge in [0.2, 0.25) is 0 Å². The maximum atomic E-state index is 4.08. The van der Waals surface area contributed by atoms with Crippen molar-refractivity contribution in [3.05, 3.63) is 42.1 Å². The topological polar surface area (TPSA) is 29.9 Å². The molecule has 0 unspecified atom stereocenters. The molecule has 0 saturated carbocycles. The molecule has 3 heteroatoms. The Labute approximate surface area is 97.1 Å². The zero-order valence-electron chi connectivity index (χ0n) is 10.4.